The van der Waals surface area contributed by atoms with Crippen LogP contribution in [0.3, 0.4) is 0 Å². The van der Waals surface area contributed by atoms with Crippen molar-refractivity contribution in [1.82, 2.24) is 4.98 Å². The highest BCUT2D eigenvalue weighted by Gasteiger charge is 2.13. The molecule has 1 unspecified atom stereocenters. The first kappa shape index (κ1) is 14.0. The van der Waals surface area contributed by atoms with Gasteiger partial charge in [0.25, 0.3) is 0 Å². The maximum atomic E-state index is 10.3. The zero-order chi connectivity index (χ0) is 13.8. The summed E-state index contributed by atoms with van der Waals surface area (Å²) in [5.74, 6) is 0.780. The number of halogens is 1. The van der Waals surface area contributed by atoms with E-state index in [1.807, 2.05) is 31.2 Å². The monoisotopic (exact) mass is 321 g/mol. The van der Waals surface area contributed by atoms with Crippen molar-refractivity contribution in [3.8, 4) is 5.75 Å². The zero-order valence-electron chi connectivity index (χ0n) is 10.9. The Morgan fingerprint density at radius 3 is 2.79 bits per heavy atom. The van der Waals surface area contributed by atoms with Crippen molar-refractivity contribution in [1.29, 1.82) is 0 Å². The Kier molecular flexibility index (Phi) is 4.56. The molecule has 1 N–H and O–H groups in total. The Labute approximate surface area is 121 Å². The Morgan fingerprint density at radius 2 is 2.11 bits per heavy atom. The van der Waals surface area contributed by atoms with Gasteiger partial charge in [-0.15, -0.1) is 0 Å². The summed E-state index contributed by atoms with van der Waals surface area (Å²) in [4.78, 5) is 4.11. The first-order chi connectivity index (χ1) is 9.10. The molecular weight excluding hydrogens is 306 g/mol. The van der Waals surface area contributed by atoms with E-state index in [0.717, 1.165) is 26.9 Å². The molecule has 1 heterocycles. The van der Waals surface area contributed by atoms with Crippen molar-refractivity contribution in [2.24, 2.45) is 0 Å². The minimum absolute atomic E-state index is 0.494. The minimum Gasteiger partial charge on any atom is -0.496 e. The van der Waals surface area contributed by atoms with Crippen LogP contribution in [-0.2, 0) is 6.42 Å². The highest BCUT2D eigenvalue weighted by atomic mass is 79.9. The number of aliphatic hydroxyl groups excluding tert-OH is 1. The number of aliphatic hydroxyl groups is 1. The second kappa shape index (κ2) is 6.17. The van der Waals surface area contributed by atoms with Crippen molar-refractivity contribution in [2.45, 2.75) is 19.4 Å². The van der Waals surface area contributed by atoms with Gasteiger partial charge in [-0.3, -0.25) is 4.98 Å². The molecule has 0 saturated carbocycles. The molecule has 1 aromatic carbocycles. The molecule has 0 bridgehead atoms. The Bertz CT molecular complexity index is 572. The van der Waals surface area contributed by atoms with Crippen LogP contribution in [0.5, 0.6) is 5.75 Å². The van der Waals surface area contributed by atoms with Crippen LogP contribution in [0.2, 0.25) is 0 Å². The Morgan fingerprint density at radius 1 is 1.32 bits per heavy atom. The summed E-state index contributed by atoms with van der Waals surface area (Å²) in [7, 11) is 1.63. The second-order valence-corrected chi connectivity index (χ2v) is 5.39. The molecule has 4 heteroatoms. The number of rotatable bonds is 4. The van der Waals surface area contributed by atoms with Gasteiger partial charge in [0.2, 0.25) is 0 Å². The smallest absolute Gasteiger partial charge is 0.122 e. The molecular formula is C15H16BrNO2. The van der Waals surface area contributed by atoms with Crippen molar-refractivity contribution < 1.29 is 9.84 Å². The molecule has 0 radical (unpaired) electrons. The average molecular weight is 322 g/mol. The third-order valence-electron chi connectivity index (χ3n) is 2.94. The van der Waals surface area contributed by atoms with Crippen LogP contribution < -0.4 is 4.74 Å². The molecule has 3 nitrogen and oxygen atoms in total. The standard InChI is InChI=1S/C15H16BrNO2/c1-10-5-12(9-17-8-10)14(18)7-11-6-13(16)3-4-15(11)19-2/h3-6,8-9,14,18H,7H2,1-2H3. The van der Waals surface area contributed by atoms with E-state index >= 15 is 0 Å². The molecule has 0 amide bonds. The third-order valence-corrected chi connectivity index (χ3v) is 3.43. The van der Waals surface area contributed by atoms with E-state index in [1.165, 1.54) is 0 Å². The van der Waals surface area contributed by atoms with Gasteiger partial charge < -0.3 is 9.84 Å². The number of aryl methyl sites for hydroxylation is 1. The summed E-state index contributed by atoms with van der Waals surface area (Å²) >= 11 is 3.43. The predicted molar refractivity (Wildman–Crippen MR) is 78.3 cm³/mol. The molecule has 1 aromatic heterocycles. The van der Waals surface area contributed by atoms with Gasteiger partial charge in [-0.05, 0) is 41.8 Å². The van der Waals surface area contributed by atoms with E-state index in [1.54, 1.807) is 19.5 Å². The minimum atomic E-state index is -0.587. The molecule has 19 heavy (non-hydrogen) atoms. The van der Waals surface area contributed by atoms with Crippen LogP contribution in [-0.4, -0.2) is 17.2 Å². The molecule has 0 fully saturated rings. The lowest BCUT2D eigenvalue weighted by Gasteiger charge is -2.14. The number of hydrogen-bond donors (Lipinski definition) is 1. The molecule has 0 aliphatic rings. The number of pyridine rings is 1. The van der Waals surface area contributed by atoms with Gasteiger partial charge in [0.05, 0.1) is 13.2 Å². The van der Waals surface area contributed by atoms with Gasteiger partial charge in [-0.25, -0.2) is 0 Å². The van der Waals surface area contributed by atoms with Crippen LogP contribution in [0.4, 0.5) is 0 Å². The third kappa shape index (κ3) is 3.55. The number of nitrogens with zero attached hydrogens (tertiary/aromatic N) is 1. The average Bonchev–Trinajstić information content (AvgIpc) is 2.39. The normalized spacial score (nSPS) is 12.2. The Balaban J connectivity index is 2.23. The van der Waals surface area contributed by atoms with Gasteiger partial charge in [0.15, 0.2) is 0 Å². The van der Waals surface area contributed by atoms with Crippen molar-refractivity contribution >= 4 is 15.9 Å². The molecule has 2 rings (SSSR count). The summed E-state index contributed by atoms with van der Waals surface area (Å²) in [6.45, 7) is 1.96. The SMILES string of the molecule is COc1ccc(Br)cc1CC(O)c1cncc(C)c1. The van der Waals surface area contributed by atoms with Crippen molar-refractivity contribution in [3.63, 3.8) is 0 Å². The fourth-order valence-corrected chi connectivity index (χ4v) is 2.40. The van der Waals surface area contributed by atoms with Crippen LogP contribution in [0.15, 0.2) is 41.1 Å². The molecule has 2 aromatic rings. The van der Waals surface area contributed by atoms with Gasteiger partial charge in [-0.2, -0.15) is 0 Å². The van der Waals surface area contributed by atoms with E-state index in [2.05, 4.69) is 20.9 Å². The van der Waals surface area contributed by atoms with Gasteiger partial charge in [-0.1, -0.05) is 22.0 Å². The van der Waals surface area contributed by atoms with Crippen LogP contribution in [0, 0.1) is 6.92 Å². The van der Waals surface area contributed by atoms with Crippen molar-refractivity contribution in [2.75, 3.05) is 7.11 Å². The van der Waals surface area contributed by atoms with E-state index in [4.69, 9.17) is 4.74 Å². The highest BCUT2D eigenvalue weighted by Crippen LogP contribution is 2.27. The summed E-state index contributed by atoms with van der Waals surface area (Å²) in [5, 5.41) is 10.3. The molecule has 100 valence electrons. The largest absolute Gasteiger partial charge is 0.496 e. The Hall–Kier alpha value is -1.39. The number of methoxy groups -OCH3 is 1. The molecule has 0 aliphatic carbocycles. The van der Waals surface area contributed by atoms with Gasteiger partial charge >= 0.3 is 0 Å². The maximum absolute atomic E-state index is 10.3. The van der Waals surface area contributed by atoms with Crippen LogP contribution in [0.25, 0.3) is 0 Å². The van der Waals surface area contributed by atoms with Crippen LogP contribution >= 0.6 is 15.9 Å². The zero-order valence-corrected chi connectivity index (χ0v) is 12.5. The highest BCUT2D eigenvalue weighted by molar-refractivity contribution is 9.10. The topological polar surface area (TPSA) is 42.4 Å². The maximum Gasteiger partial charge on any atom is 0.122 e. The number of benzene rings is 1. The number of ether oxygens (including phenoxy) is 1. The lowest BCUT2D eigenvalue weighted by Crippen LogP contribution is -2.04. The van der Waals surface area contributed by atoms with Crippen molar-refractivity contribution in [3.05, 3.63) is 57.8 Å². The van der Waals surface area contributed by atoms with E-state index in [9.17, 15) is 5.11 Å². The fraction of sp³-hybridized carbons (Fsp3) is 0.267. The van der Waals surface area contributed by atoms with E-state index < -0.39 is 6.10 Å². The summed E-state index contributed by atoms with van der Waals surface area (Å²) < 4.78 is 6.28. The molecule has 1 atom stereocenters. The summed E-state index contributed by atoms with van der Waals surface area (Å²) in [6, 6.07) is 7.72. The summed E-state index contributed by atoms with van der Waals surface area (Å²) in [5.41, 5.74) is 2.82. The fourth-order valence-electron chi connectivity index (χ4n) is 1.99. The predicted octanol–water partition coefficient (Wildman–Crippen LogP) is 3.44. The van der Waals surface area contributed by atoms with E-state index in [0.29, 0.717) is 6.42 Å². The molecule has 0 aliphatic heterocycles. The van der Waals surface area contributed by atoms with Gasteiger partial charge in [0, 0.05) is 23.3 Å². The first-order valence-corrected chi connectivity index (χ1v) is 6.81. The quantitative estimate of drug-likeness (QED) is 0.938. The van der Waals surface area contributed by atoms with E-state index in [-0.39, 0.29) is 0 Å². The summed E-state index contributed by atoms with van der Waals surface area (Å²) in [6.07, 6.45) is 3.38. The first-order valence-electron chi connectivity index (χ1n) is 6.02. The lowest BCUT2D eigenvalue weighted by atomic mass is 10.0. The van der Waals surface area contributed by atoms with Crippen LogP contribution in [0.1, 0.15) is 22.8 Å². The second-order valence-electron chi connectivity index (χ2n) is 4.47. The molecule has 0 spiro atoms. The molecule has 0 saturated heterocycles. The lowest BCUT2D eigenvalue weighted by molar-refractivity contribution is 0.176. The number of hydrogen-bond acceptors (Lipinski definition) is 3. The van der Waals surface area contributed by atoms with Gasteiger partial charge in [0.1, 0.15) is 5.75 Å². The number of aromatic nitrogens is 1.